The second-order valence-electron chi connectivity index (χ2n) is 4.43. The third-order valence-electron chi connectivity index (χ3n) is 3.21. The number of carbonyl (C=O) groups excluding carboxylic acids is 1. The van der Waals surface area contributed by atoms with Crippen LogP contribution in [-0.4, -0.2) is 22.3 Å². The molecular weight excluding hydrogens is 326 g/mol. The average molecular weight is 338 g/mol. The van der Waals surface area contributed by atoms with E-state index in [4.69, 9.17) is 5.73 Å². The molecule has 0 aromatic carbocycles. The van der Waals surface area contributed by atoms with Crippen molar-refractivity contribution in [1.29, 1.82) is 0 Å². The molecule has 0 saturated heterocycles. The van der Waals surface area contributed by atoms with Crippen LogP contribution in [0.2, 0.25) is 0 Å². The molecule has 1 amide bonds. The van der Waals surface area contributed by atoms with Crippen molar-refractivity contribution in [1.82, 2.24) is 9.88 Å². The van der Waals surface area contributed by atoms with Gasteiger partial charge in [-0.2, -0.15) is 0 Å². The third-order valence-corrected chi connectivity index (χ3v) is 4.67. The Morgan fingerprint density at radius 2 is 2.37 bits per heavy atom. The fourth-order valence-corrected chi connectivity index (χ4v) is 3.43. The van der Waals surface area contributed by atoms with Gasteiger partial charge < -0.3 is 10.6 Å². The maximum absolute atomic E-state index is 12.5. The summed E-state index contributed by atoms with van der Waals surface area (Å²) in [7, 11) is 0. The molecule has 0 unspecified atom stereocenters. The van der Waals surface area contributed by atoms with E-state index in [-0.39, 0.29) is 11.7 Å². The van der Waals surface area contributed by atoms with Crippen LogP contribution in [0, 0.1) is 0 Å². The first-order valence-electron chi connectivity index (χ1n) is 5.90. The molecule has 3 rings (SSSR count). The summed E-state index contributed by atoms with van der Waals surface area (Å²) in [6.45, 7) is 1.39. The number of fused-ring (bicyclic) bond motifs is 1. The zero-order valence-corrected chi connectivity index (χ0v) is 12.5. The van der Waals surface area contributed by atoms with Gasteiger partial charge in [0.05, 0.1) is 5.56 Å². The molecule has 0 aliphatic carbocycles. The van der Waals surface area contributed by atoms with Crippen molar-refractivity contribution >= 4 is 39.0 Å². The number of anilines is 1. The largest absolute Gasteiger partial charge is 0.383 e. The van der Waals surface area contributed by atoms with Crippen LogP contribution in [-0.2, 0) is 13.0 Å². The van der Waals surface area contributed by atoms with Gasteiger partial charge >= 0.3 is 0 Å². The highest BCUT2D eigenvalue weighted by atomic mass is 79.9. The zero-order chi connectivity index (χ0) is 13.4. The van der Waals surface area contributed by atoms with Gasteiger partial charge in [-0.05, 0) is 45.4 Å². The minimum absolute atomic E-state index is 0.0526. The maximum atomic E-state index is 12.5. The summed E-state index contributed by atoms with van der Waals surface area (Å²) in [4.78, 5) is 19.7. The van der Waals surface area contributed by atoms with Gasteiger partial charge in [-0.3, -0.25) is 4.79 Å². The Kier molecular flexibility index (Phi) is 3.28. The smallest absolute Gasteiger partial charge is 0.257 e. The molecule has 0 atom stereocenters. The van der Waals surface area contributed by atoms with Crippen molar-refractivity contribution < 1.29 is 4.79 Å². The van der Waals surface area contributed by atoms with Gasteiger partial charge in [0.1, 0.15) is 5.82 Å². The number of hydrogen-bond acceptors (Lipinski definition) is 4. The molecule has 1 aliphatic rings. The first-order valence-corrected chi connectivity index (χ1v) is 7.58. The van der Waals surface area contributed by atoms with Gasteiger partial charge in [-0.15, -0.1) is 11.3 Å². The number of pyridine rings is 1. The Labute approximate surface area is 123 Å². The molecule has 6 heteroatoms. The van der Waals surface area contributed by atoms with Crippen LogP contribution < -0.4 is 5.73 Å². The Hall–Kier alpha value is -1.40. The monoisotopic (exact) mass is 337 g/mol. The second kappa shape index (κ2) is 4.94. The molecule has 0 saturated carbocycles. The second-order valence-corrected chi connectivity index (χ2v) is 6.35. The standard InChI is InChI=1S/C13H12BrN3OS/c14-9-5-10(12(15)16-6-9)13(18)17-3-1-11-8(7-17)2-4-19-11/h2,4-6H,1,3,7H2,(H2,15,16). The number of nitrogen functional groups attached to an aromatic ring is 1. The normalized spacial score (nSPS) is 14.3. The van der Waals surface area contributed by atoms with Gasteiger partial charge in [-0.1, -0.05) is 0 Å². The van der Waals surface area contributed by atoms with Crippen LogP contribution in [0.15, 0.2) is 28.2 Å². The molecule has 0 radical (unpaired) electrons. The number of nitrogens with zero attached hydrogens (tertiary/aromatic N) is 2. The lowest BCUT2D eigenvalue weighted by Gasteiger charge is -2.27. The summed E-state index contributed by atoms with van der Waals surface area (Å²) in [6.07, 6.45) is 2.51. The fraction of sp³-hybridized carbons (Fsp3) is 0.231. The lowest BCUT2D eigenvalue weighted by Crippen LogP contribution is -2.35. The van der Waals surface area contributed by atoms with E-state index >= 15 is 0 Å². The Morgan fingerprint density at radius 1 is 1.53 bits per heavy atom. The number of nitrogens with two attached hydrogens (primary N) is 1. The number of halogens is 1. The summed E-state index contributed by atoms with van der Waals surface area (Å²) in [5.41, 5.74) is 7.50. The van der Waals surface area contributed by atoms with E-state index in [1.54, 1.807) is 23.6 Å². The summed E-state index contributed by atoms with van der Waals surface area (Å²) < 4.78 is 0.762. The highest BCUT2D eigenvalue weighted by Crippen LogP contribution is 2.26. The van der Waals surface area contributed by atoms with Gasteiger partial charge in [0.25, 0.3) is 5.91 Å². The average Bonchev–Trinajstić information content (AvgIpc) is 2.88. The van der Waals surface area contributed by atoms with E-state index < -0.39 is 0 Å². The Morgan fingerprint density at radius 3 is 3.21 bits per heavy atom. The topological polar surface area (TPSA) is 59.2 Å². The van der Waals surface area contributed by atoms with Crippen molar-refractivity contribution in [2.45, 2.75) is 13.0 Å². The summed E-state index contributed by atoms with van der Waals surface area (Å²) in [6, 6.07) is 3.82. The predicted molar refractivity (Wildman–Crippen MR) is 79.1 cm³/mol. The van der Waals surface area contributed by atoms with Crippen molar-refractivity contribution in [2.24, 2.45) is 0 Å². The van der Waals surface area contributed by atoms with E-state index in [0.29, 0.717) is 12.1 Å². The van der Waals surface area contributed by atoms with Crippen molar-refractivity contribution in [2.75, 3.05) is 12.3 Å². The van der Waals surface area contributed by atoms with Gasteiger partial charge in [-0.25, -0.2) is 4.98 Å². The minimum Gasteiger partial charge on any atom is -0.383 e. The SMILES string of the molecule is Nc1ncc(Br)cc1C(=O)N1CCc2sccc2C1. The quantitative estimate of drug-likeness (QED) is 0.870. The summed E-state index contributed by atoms with van der Waals surface area (Å²) in [5.74, 6) is 0.229. The molecular formula is C13H12BrN3OS. The molecule has 4 nitrogen and oxygen atoms in total. The lowest BCUT2D eigenvalue weighted by molar-refractivity contribution is 0.0736. The number of rotatable bonds is 1. The summed E-state index contributed by atoms with van der Waals surface area (Å²) in [5, 5.41) is 2.08. The molecule has 19 heavy (non-hydrogen) atoms. The van der Waals surface area contributed by atoms with E-state index in [0.717, 1.165) is 17.4 Å². The van der Waals surface area contributed by atoms with E-state index in [2.05, 4.69) is 32.4 Å². The number of thiophene rings is 1. The molecule has 0 spiro atoms. The van der Waals surface area contributed by atoms with Crippen LogP contribution in [0.4, 0.5) is 5.82 Å². The number of aromatic nitrogens is 1. The molecule has 2 aromatic rings. The van der Waals surface area contributed by atoms with Crippen molar-refractivity contribution in [3.05, 3.63) is 44.2 Å². The number of hydrogen-bond donors (Lipinski definition) is 1. The number of amides is 1. The van der Waals surface area contributed by atoms with Crippen LogP contribution in [0.1, 0.15) is 20.8 Å². The first kappa shape index (κ1) is 12.6. The maximum Gasteiger partial charge on any atom is 0.257 e. The Balaban J connectivity index is 1.87. The fourth-order valence-electron chi connectivity index (χ4n) is 2.21. The highest BCUT2D eigenvalue weighted by Gasteiger charge is 2.24. The molecule has 98 valence electrons. The van der Waals surface area contributed by atoms with Gasteiger partial charge in [0.15, 0.2) is 0 Å². The van der Waals surface area contributed by atoms with E-state index in [9.17, 15) is 4.79 Å². The van der Waals surface area contributed by atoms with Crippen LogP contribution in [0.3, 0.4) is 0 Å². The third kappa shape index (κ3) is 2.37. The van der Waals surface area contributed by atoms with Crippen LogP contribution in [0.5, 0.6) is 0 Å². The molecule has 2 aromatic heterocycles. The predicted octanol–water partition coefficient (Wildman–Crippen LogP) is 2.69. The van der Waals surface area contributed by atoms with E-state index in [1.807, 2.05) is 4.90 Å². The van der Waals surface area contributed by atoms with E-state index in [1.165, 1.54) is 10.4 Å². The Bertz CT molecular complexity index is 641. The number of carbonyl (C=O) groups is 1. The van der Waals surface area contributed by atoms with Crippen LogP contribution >= 0.6 is 27.3 Å². The van der Waals surface area contributed by atoms with Crippen molar-refractivity contribution in [3.63, 3.8) is 0 Å². The molecule has 0 bridgehead atoms. The van der Waals surface area contributed by atoms with Crippen molar-refractivity contribution in [3.8, 4) is 0 Å². The minimum atomic E-state index is -0.0526. The van der Waals surface area contributed by atoms with Crippen LogP contribution in [0.25, 0.3) is 0 Å². The molecule has 1 aliphatic heterocycles. The zero-order valence-electron chi connectivity index (χ0n) is 10.1. The molecule has 0 fully saturated rings. The molecule has 3 heterocycles. The lowest BCUT2D eigenvalue weighted by atomic mass is 10.1. The first-order chi connectivity index (χ1) is 9.15. The van der Waals surface area contributed by atoms with Gasteiger partial charge in [0, 0.05) is 28.6 Å². The highest BCUT2D eigenvalue weighted by molar-refractivity contribution is 9.10. The van der Waals surface area contributed by atoms with Gasteiger partial charge in [0.2, 0.25) is 0 Å². The summed E-state index contributed by atoms with van der Waals surface area (Å²) >= 11 is 5.08. The molecule has 2 N–H and O–H groups in total.